The van der Waals surface area contributed by atoms with Gasteiger partial charge >= 0.3 is 5.97 Å². The summed E-state index contributed by atoms with van der Waals surface area (Å²) in [6, 6.07) is 16.1. The zero-order chi connectivity index (χ0) is 30.4. The number of carbonyl (C=O) groups excluding carboxylic acids is 3. The van der Waals surface area contributed by atoms with E-state index in [1.165, 1.54) is 34.1 Å². The molecule has 0 saturated carbocycles. The predicted molar refractivity (Wildman–Crippen MR) is 163 cm³/mol. The lowest BCUT2D eigenvalue weighted by Gasteiger charge is -2.33. The summed E-state index contributed by atoms with van der Waals surface area (Å²) in [6.45, 7) is 0.528. The maximum absolute atomic E-state index is 13.6. The van der Waals surface area contributed by atoms with Gasteiger partial charge < -0.3 is 19.3 Å². The normalized spacial score (nSPS) is 16.3. The van der Waals surface area contributed by atoms with E-state index in [2.05, 4.69) is 5.10 Å². The molecule has 220 valence electrons. The first-order valence-corrected chi connectivity index (χ1v) is 14.6. The van der Waals surface area contributed by atoms with Crippen LogP contribution in [0.4, 0.5) is 5.69 Å². The predicted octanol–water partition coefficient (Wildman–Crippen LogP) is 6.19. The minimum Gasteiger partial charge on any atom is -0.489 e. The quantitative estimate of drug-likeness (QED) is 0.187. The summed E-state index contributed by atoms with van der Waals surface area (Å²) in [7, 11) is 1.58. The Kier molecular flexibility index (Phi) is 8.00. The van der Waals surface area contributed by atoms with Crippen molar-refractivity contribution in [3.63, 3.8) is 0 Å². The molecule has 2 amide bonds. The van der Waals surface area contributed by atoms with Crippen molar-refractivity contribution >= 4 is 69.9 Å². The Morgan fingerprint density at radius 2 is 1.74 bits per heavy atom. The van der Waals surface area contributed by atoms with E-state index in [0.717, 1.165) is 5.56 Å². The van der Waals surface area contributed by atoms with Crippen LogP contribution in [0.5, 0.6) is 11.5 Å². The molecule has 0 saturated heterocycles. The summed E-state index contributed by atoms with van der Waals surface area (Å²) in [6.07, 6.45) is 0.431. The summed E-state index contributed by atoms with van der Waals surface area (Å²) in [5.41, 5.74) is 2.42. The molecular weight excluding hydrogens is 638 g/mol. The van der Waals surface area contributed by atoms with Crippen LogP contribution < -0.4 is 14.4 Å². The average Bonchev–Trinajstić information content (AvgIpc) is 3.24. The highest BCUT2D eigenvalue weighted by atomic mass is 35.5. The largest absolute Gasteiger partial charge is 0.489 e. The van der Waals surface area contributed by atoms with Crippen LogP contribution >= 0.6 is 46.4 Å². The molecule has 0 radical (unpaired) electrons. The molecule has 0 bridgehead atoms. The lowest BCUT2D eigenvalue weighted by atomic mass is 10.0. The average molecular weight is 660 g/mol. The third kappa shape index (κ3) is 5.54. The number of halogens is 4. The van der Waals surface area contributed by atoms with Crippen molar-refractivity contribution in [2.45, 2.75) is 19.0 Å². The molecular formula is C30H22Cl4N4O5. The number of esters is 1. The van der Waals surface area contributed by atoms with Gasteiger partial charge in [0.15, 0.2) is 11.4 Å². The zero-order valence-electron chi connectivity index (χ0n) is 22.5. The van der Waals surface area contributed by atoms with Crippen LogP contribution in [0.2, 0.25) is 20.2 Å². The first-order chi connectivity index (χ1) is 20.6. The van der Waals surface area contributed by atoms with Crippen molar-refractivity contribution in [2.75, 3.05) is 25.1 Å². The van der Waals surface area contributed by atoms with Gasteiger partial charge in [-0.05, 0) is 42.3 Å². The van der Waals surface area contributed by atoms with Crippen LogP contribution in [0, 0.1) is 0 Å². The van der Waals surface area contributed by atoms with Crippen molar-refractivity contribution in [3.8, 4) is 11.5 Å². The second-order valence-corrected chi connectivity index (χ2v) is 11.6. The number of amides is 2. The molecule has 1 aromatic heterocycles. The lowest BCUT2D eigenvalue weighted by Crippen LogP contribution is -2.54. The van der Waals surface area contributed by atoms with Gasteiger partial charge in [-0.25, -0.2) is 9.48 Å². The first-order valence-electron chi connectivity index (χ1n) is 13.1. The van der Waals surface area contributed by atoms with E-state index < -0.39 is 17.9 Å². The topological polar surface area (TPSA) is 94.0 Å². The highest BCUT2D eigenvalue weighted by molar-refractivity contribution is 6.40. The van der Waals surface area contributed by atoms with Crippen molar-refractivity contribution in [3.05, 3.63) is 103 Å². The van der Waals surface area contributed by atoms with Gasteiger partial charge in [0.25, 0.3) is 11.8 Å². The molecule has 4 aromatic rings. The summed E-state index contributed by atoms with van der Waals surface area (Å²) < 4.78 is 13.0. The monoisotopic (exact) mass is 658 g/mol. The first kappa shape index (κ1) is 29.3. The lowest BCUT2D eigenvalue weighted by molar-refractivity contribution is -0.123. The van der Waals surface area contributed by atoms with E-state index in [9.17, 15) is 14.4 Å². The number of fused-ring (bicyclic) bond motifs is 2. The second-order valence-electron chi connectivity index (χ2n) is 10.0. The second kappa shape index (κ2) is 11.7. The molecule has 2 aliphatic heterocycles. The van der Waals surface area contributed by atoms with Gasteiger partial charge in [-0.2, -0.15) is 5.10 Å². The van der Waals surface area contributed by atoms with E-state index >= 15 is 0 Å². The van der Waals surface area contributed by atoms with Crippen LogP contribution in [0.15, 0.2) is 60.7 Å². The number of likely N-dealkylation sites (N-methyl/N-ethyl adjacent to an activating group) is 1. The number of anilines is 1. The van der Waals surface area contributed by atoms with Crippen LogP contribution in [0.1, 0.15) is 32.0 Å². The van der Waals surface area contributed by atoms with Gasteiger partial charge in [0, 0.05) is 24.2 Å². The van der Waals surface area contributed by atoms with Gasteiger partial charge in [-0.1, -0.05) is 76.7 Å². The molecule has 0 N–H and O–H groups in total. The molecule has 0 fully saturated rings. The number of hydrogen-bond donors (Lipinski definition) is 0. The number of ether oxygens (including phenoxy) is 2. The fraction of sp³-hybridized carbons (Fsp3) is 0.200. The standard InChI is InChI=1S/C30H22Cl4N4O5/c1-36-22-8-7-17(30(41)43-26-20(32)12-18(31)13-21(26)33)11-24(22)42-15-23(28(36)39)37-10-9-19-25(29(37)40)35-38(27(19)34)14-16-5-3-2-4-6-16/h2-8,11-13,23H,9-10,14-15H2,1H3/t23-/m0/s1. The molecule has 0 spiro atoms. The highest BCUT2D eigenvalue weighted by Gasteiger charge is 2.41. The Hall–Kier alpha value is -3.76. The van der Waals surface area contributed by atoms with E-state index in [4.69, 9.17) is 55.9 Å². The van der Waals surface area contributed by atoms with Crippen LogP contribution in [0.3, 0.4) is 0 Å². The Bertz CT molecular complexity index is 1750. The maximum Gasteiger partial charge on any atom is 0.343 e. The highest BCUT2D eigenvalue weighted by Crippen LogP contribution is 2.38. The van der Waals surface area contributed by atoms with Crippen molar-refractivity contribution in [1.29, 1.82) is 0 Å². The number of carbonyl (C=O) groups is 3. The molecule has 6 rings (SSSR count). The number of nitrogens with zero attached hydrogens (tertiary/aromatic N) is 4. The summed E-state index contributed by atoms with van der Waals surface area (Å²) >= 11 is 24.9. The Morgan fingerprint density at radius 3 is 2.47 bits per heavy atom. The minimum absolute atomic E-state index is 0.0322. The van der Waals surface area contributed by atoms with E-state index in [-0.39, 0.29) is 51.9 Å². The van der Waals surface area contributed by atoms with E-state index in [1.54, 1.807) is 17.8 Å². The molecule has 0 aliphatic carbocycles. The van der Waals surface area contributed by atoms with Gasteiger partial charge in [0.05, 0.1) is 27.8 Å². The third-order valence-electron chi connectivity index (χ3n) is 7.33. The van der Waals surface area contributed by atoms with Crippen LogP contribution in [0.25, 0.3) is 0 Å². The van der Waals surface area contributed by atoms with Gasteiger partial charge in [0.1, 0.15) is 23.6 Å². The van der Waals surface area contributed by atoms with E-state index in [0.29, 0.717) is 34.4 Å². The summed E-state index contributed by atoms with van der Waals surface area (Å²) in [4.78, 5) is 43.1. The van der Waals surface area contributed by atoms with Crippen LogP contribution in [-0.2, 0) is 17.8 Å². The van der Waals surface area contributed by atoms with Crippen molar-refractivity contribution < 1.29 is 23.9 Å². The Morgan fingerprint density at radius 1 is 1.02 bits per heavy atom. The molecule has 3 heterocycles. The summed E-state index contributed by atoms with van der Waals surface area (Å²) in [5.74, 6) is -1.26. The number of rotatable bonds is 5. The zero-order valence-corrected chi connectivity index (χ0v) is 25.5. The summed E-state index contributed by atoms with van der Waals surface area (Å²) in [5, 5.41) is 5.36. The Labute approximate surface area is 266 Å². The van der Waals surface area contributed by atoms with Gasteiger partial charge in [-0.3, -0.25) is 9.59 Å². The van der Waals surface area contributed by atoms with Gasteiger partial charge in [0.2, 0.25) is 0 Å². The number of hydrogen-bond acceptors (Lipinski definition) is 6. The van der Waals surface area contributed by atoms with Crippen molar-refractivity contribution in [2.24, 2.45) is 0 Å². The maximum atomic E-state index is 13.6. The van der Waals surface area contributed by atoms with Crippen LogP contribution in [-0.4, -0.2) is 58.7 Å². The van der Waals surface area contributed by atoms with Crippen molar-refractivity contribution in [1.82, 2.24) is 14.7 Å². The molecule has 3 aromatic carbocycles. The molecule has 1 atom stereocenters. The SMILES string of the molecule is CN1C(=O)[C@@H](N2CCc3c(nn(Cc4ccccc4)c3Cl)C2=O)COc2cc(C(=O)Oc3c(Cl)cc(Cl)cc3Cl)ccc21. The van der Waals surface area contributed by atoms with Gasteiger partial charge in [-0.15, -0.1) is 0 Å². The molecule has 43 heavy (non-hydrogen) atoms. The number of benzene rings is 3. The molecule has 2 aliphatic rings. The molecule has 0 unspecified atom stereocenters. The molecule has 9 nitrogen and oxygen atoms in total. The Balaban J connectivity index is 1.21. The minimum atomic E-state index is -0.932. The van der Waals surface area contributed by atoms with E-state index in [1.807, 2.05) is 30.3 Å². The smallest absolute Gasteiger partial charge is 0.343 e. The fourth-order valence-corrected chi connectivity index (χ4v) is 6.29. The molecule has 13 heteroatoms. The fourth-order valence-electron chi connectivity index (χ4n) is 5.12. The number of aromatic nitrogens is 2. The third-order valence-corrected chi connectivity index (χ3v) is 8.53.